The first-order chi connectivity index (χ1) is 10.7. The minimum atomic E-state index is 0.0489. The number of nitrogens with one attached hydrogen (secondary N) is 2. The maximum Gasteiger partial charge on any atom is 0.133 e. The van der Waals surface area contributed by atoms with E-state index < -0.39 is 0 Å². The van der Waals surface area contributed by atoms with Gasteiger partial charge in [0, 0.05) is 12.2 Å². The SMILES string of the molecule is Cc1cccc(Nc2cc(C)cc(NCCOCCO)n2)c1. The van der Waals surface area contributed by atoms with E-state index in [9.17, 15) is 0 Å². The average Bonchev–Trinajstić information content (AvgIpc) is 2.46. The van der Waals surface area contributed by atoms with E-state index in [0.29, 0.717) is 19.8 Å². The molecule has 0 atom stereocenters. The standard InChI is InChI=1S/C17H23N3O2/c1-13-4-3-5-15(10-13)19-17-12-14(2)11-16(20-17)18-6-8-22-9-7-21/h3-5,10-12,21H,6-9H2,1-2H3,(H2,18,19,20). The summed E-state index contributed by atoms with van der Waals surface area (Å²) in [7, 11) is 0. The Labute approximate surface area is 131 Å². The number of ether oxygens (including phenoxy) is 1. The van der Waals surface area contributed by atoms with E-state index in [1.54, 1.807) is 0 Å². The minimum Gasteiger partial charge on any atom is -0.394 e. The summed E-state index contributed by atoms with van der Waals surface area (Å²) in [6.45, 7) is 5.71. The van der Waals surface area contributed by atoms with Crippen LogP contribution in [0.1, 0.15) is 11.1 Å². The van der Waals surface area contributed by atoms with Gasteiger partial charge in [-0.15, -0.1) is 0 Å². The Hall–Kier alpha value is -2.11. The molecule has 0 saturated carbocycles. The summed E-state index contributed by atoms with van der Waals surface area (Å²) < 4.78 is 5.22. The van der Waals surface area contributed by atoms with Crippen LogP contribution in [0.5, 0.6) is 0 Å². The second-order valence-electron chi connectivity index (χ2n) is 5.17. The Morgan fingerprint density at radius 1 is 1.05 bits per heavy atom. The zero-order valence-electron chi connectivity index (χ0n) is 13.1. The Kier molecular flexibility index (Phi) is 6.18. The second kappa shape index (κ2) is 8.36. The molecule has 5 heteroatoms. The molecule has 3 N–H and O–H groups in total. The van der Waals surface area contributed by atoms with Crippen molar-refractivity contribution in [2.75, 3.05) is 37.0 Å². The summed E-state index contributed by atoms with van der Waals surface area (Å²) in [5.41, 5.74) is 3.36. The van der Waals surface area contributed by atoms with Crippen molar-refractivity contribution in [2.24, 2.45) is 0 Å². The third-order valence-corrected chi connectivity index (χ3v) is 3.05. The van der Waals surface area contributed by atoms with Gasteiger partial charge < -0.3 is 20.5 Å². The maximum absolute atomic E-state index is 8.65. The molecular formula is C17H23N3O2. The maximum atomic E-state index is 8.65. The van der Waals surface area contributed by atoms with Gasteiger partial charge in [-0.2, -0.15) is 0 Å². The summed E-state index contributed by atoms with van der Waals surface area (Å²) >= 11 is 0. The number of aryl methyl sites for hydroxylation is 2. The van der Waals surface area contributed by atoms with Crippen LogP contribution in [0.4, 0.5) is 17.3 Å². The van der Waals surface area contributed by atoms with Gasteiger partial charge in [-0.05, 0) is 49.2 Å². The smallest absolute Gasteiger partial charge is 0.133 e. The van der Waals surface area contributed by atoms with Crippen molar-refractivity contribution in [2.45, 2.75) is 13.8 Å². The molecule has 0 aliphatic heterocycles. The Morgan fingerprint density at radius 2 is 1.86 bits per heavy atom. The van der Waals surface area contributed by atoms with Crippen molar-refractivity contribution < 1.29 is 9.84 Å². The fourth-order valence-electron chi connectivity index (χ4n) is 2.11. The molecule has 0 amide bonds. The molecule has 118 valence electrons. The second-order valence-corrected chi connectivity index (χ2v) is 5.17. The van der Waals surface area contributed by atoms with Gasteiger partial charge in [0.2, 0.25) is 0 Å². The number of pyridine rings is 1. The van der Waals surface area contributed by atoms with E-state index in [0.717, 1.165) is 22.9 Å². The van der Waals surface area contributed by atoms with E-state index in [1.165, 1.54) is 5.56 Å². The van der Waals surface area contributed by atoms with Crippen LogP contribution in [0.3, 0.4) is 0 Å². The van der Waals surface area contributed by atoms with Crippen molar-refractivity contribution in [1.29, 1.82) is 0 Å². The Balaban J connectivity index is 1.97. The predicted molar refractivity (Wildman–Crippen MR) is 89.8 cm³/mol. The molecule has 2 rings (SSSR count). The number of benzene rings is 1. The van der Waals surface area contributed by atoms with E-state index in [2.05, 4.69) is 34.7 Å². The molecule has 1 aromatic heterocycles. The molecule has 1 aromatic carbocycles. The van der Waals surface area contributed by atoms with Crippen LogP contribution in [0.2, 0.25) is 0 Å². The van der Waals surface area contributed by atoms with Crippen molar-refractivity contribution in [3.63, 3.8) is 0 Å². The molecule has 0 aliphatic rings. The van der Waals surface area contributed by atoms with E-state index in [1.807, 2.05) is 31.2 Å². The molecule has 0 aliphatic carbocycles. The highest BCUT2D eigenvalue weighted by molar-refractivity contribution is 5.59. The number of aliphatic hydroxyl groups excluding tert-OH is 1. The molecule has 5 nitrogen and oxygen atoms in total. The number of hydrogen-bond donors (Lipinski definition) is 3. The van der Waals surface area contributed by atoms with E-state index in [-0.39, 0.29) is 6.61 Å². The number of aromatic nitrogens is 1. The predicted octanol–water partition coefficient (Wildman–Crippen LogP) is 2.86. The topological polar surface area (TPSA) is 66.4 Å². The van der Waals surface area contributed by atoms with Gasteiger partial charge in [0.05, 0.1) is 19.8 Å². The fourth-order valence-corrected chi connectivity index (χ4v) is 2.11. The van der Waals surface area contributed by atoms with Crippen molar-refractivity contribution >= 4 is 17.3 Å². The van der Waals surface area contributed by atoms with Crippen LogP contribution in [0.15, 0.2) is 36.4 Å². The lowest BCUT2D eigenvalue weighted by Gasteiger charge is -2.11. The highest BCUT2D eigenvalue weighted by atomic mass is 16.5. The lowest BCUT2D eigenvalue weighted by molar-refractivity contribution is 0.0992. The molecular weight excluding hydrogens is 278 g/mol. The van der Waals surface area contributed by atoms with Crippen LogP contribution in [0.25, 0.3) is 0 Å². The molecule has 22 heavy (non-hydrogen) atoms. The van der Waals surface area contributed by atoms with Gasteiger partial charge in [-0.3, -0.25) is 0 Å². The summed E-state index contributed by atoms with van der Waals surface area (Å²) in [6.07, 6.45) is 0. The summed E-state index contributed by atoms with van der Waals surface area (Å²) in [6, 6.07) is 12.2. The van der Waals surface area contributed by atoms with Gasteiger partial charge in [0.1, 0.15) is 11.6 Å². The minimum absolute atomic E-state index is 0.0489. The Bertz CT molecular complexity index is 602. The van der Waals surface area contributed by atoms with Crippen LogP contribution < -0.4 is 10.6 Å². The quantitative estimate of drug-likeness (QED) is 0.654. The van der Waals surface area contributed by atoms with E-state index >= 15 is 0 Å². The highest BCUT2D eigenvalue weighted by Crippen LogP contribution is 2.19. The molecule has 1 heterocycles. The highest BCUT2D eigenvalue weighted by Gasteiger charge is 2.01. The fraction of sp³-hybridized carbons (Fsp3) is 0.353. The zero-order valence-corrected chi connectivity index (χ0v) is 13.1. The number of hydrogen-bond acceptors (Lipinski definition) is 5. The summed E-state index contributed by atoms with van der Waals surface area (Å²) in [5, 5.41) is 15.2. The van der Waals surface area contributed by atoms with Gasteiger partial charge >= 0.3 is 0 Å². The zero-order chi connectivity index (χ0) is 15.8. The van der Waals surface area contributed by atoms with Crippen molar-refractivity contribution in [3.8, 4) is 0 Å². The lowest BCUT2D eigenvalue weighted by Crippen LogP contribution is -2.12. The number of anilines is 3. The summed E-state index contributed by atoms with van der Waals surface area (Å²) in [5.74, 6) is 1.62. The van der Waals surface area contributed by atoms with Gasteiger partial charge in [-0.25, -0.2) is 4.98 Å². The monoisotopic (exact) mass is 301 g/mol. The van der Waals surface area contributed by atoms with Crippen molar-refractivity contribution in [3.05, 3.63) is 47.5 Å². The molecule has 0 radical (unpaired) electrons. The Morgan fingerprint density at radius 3 is 2.64 bits per heavy atom. The van der Waals surface area contributed by atoms with E-state index in [4.69, 9.17) is 9.84 Å². The average molecular weight is 301 g/mol. The first-order valence-corrected chi connectivity index (χ1v) is 7.42. The lowest BCUT2D eigenvalue weighted by atomic mass is 10.2. The molecule has 0 unspecified atom stereocenters. The number of aliphatic hydroxyl groups is 1. The van der Waals surface area contributed by atoms with Gasteiger partial charge in [0.25, 0.3) is 0 Å². The van der Waals surface area contributed by atoms with Crippen LogP contribution in [0, 0.1) is 13.8 Å². The van der Waals surface area contributed by atoms with Crippen LogP contribution >= 0.6 is 0 Å². The largest absolute Gasteiger partial charge is 0.394 e. The van der Waals surface area contributed by atoms with Crippen LogP contribution in [-0.2, 0) is 4.74 Å². The molecule has 0 bridgehead atoms. The number of nitrogens with zero attached hydrogens (tertiary/aromatic N) is 1. The molecule has 0 spiro atoms. The van der Waals surface area contributed by atoms with Crippen molar-refractivity contribution in [1.82, 2.24) is 4.98 Å². The first kappa shape index (κ1) is 16.3. The van der Waals surface area contributed by atoms with Crippen LogP contribution in [-0.4, -0.2) is 36.5 Å². The number of rotatable bonds is 8. The summed E-state index contributed by atoms with van der Waals surface area (Å²) in [4.78, 5) is 4.55. The third kappa shape index (κ3) is 5.35. The molecule has 0 saturated heterocycles. The molecule has 0 fully saturated rings. The first-order valence-electron chi connectivity index (χ1n) is 7.42. The third-order valence-electron chi connectivity index (χ3n) is 3.05. The molecule has 2 aromatic rings. The van der Waals surface area contributed by atoms with Gasteiger partial charge in [-0.1, -0.05) is 12.1 Å². The normalized spacial score (nSPS) is 10.5. The van der Waals surface area contributed by atoms with Gasteiger partial charge in [0.15, 0.2) is 0 Å².